The van der Waals surface area contributed by atoms with E-state index >= 15 is 4.39 Å². The van der Waals surface area contributed by atoms with Crippen molar-refractivity contribution in [3.63, 3.8) is 0 Å². The van der Waals surface area contributed by atoms with Crippen LogP contribution in [0, 0.1) is 0 Å². The zero-order chi connectivity index (χ0) is 28.0. The van der Waals surface area contributed by atoms with Crippen molar-refractivity contribution in [2.75, 3.05) is 11.9 Å². The van der Waals surface area contributed by atoms with Crippen molar-refractivity contribution in [2.45, 2.75) is 43.3 Å². The molecule has 14 heteroatoms. The third kappa shape index (κ3) is 4.79. The molecule has 1 fully saturated rings. The molecule has 6 rings (SSSR count). The van der Waals surface area contributed by atoms with Gasteiger partial charge >= 0.3 is 16.3 Å². The maximum atomic E-state index is 16.3. The van der Waals surface area contributed by atoms with E-state index in [1.807, 2.05) is 12.1 Å². The van der Waals surface area contributed by atoms with Gasteiger partial charge in [0.2, 0.25) is 0 Å². The number of anilines is 1. The van der Waals surface area contributed by atoms with Gasteiger partial charge in [0.15, 0.2) is 29.4 Å². The summed E-state index contributed by atoms with van der Waals surface area (Å²) in [4.78, 5) is 25.0. The number of nitrogens with zero attached hydrogens (tertiary/aromatic N) is 4. The molecule has 2 aromatic heterocycles. The molecule has 0 amide bonds. The maximum Gasteiger partial charge on any atom is 0.335 e. The first-order chi connectivity index (χ1) is 19.2. The average Bonchev–Trinajstić information content (AvgIpc) is 3.63. The minimum absolute atomic E-state index is 0.0211. The number of nitrogens with one attached hydrogen (secondary N) is 1. The number of carbonyl (C=O) groups is 1. The van der Waals surface area contributed by atoms with Crippen LogP contribution < -0.4 is 10.5 Å². The first-order valence-electron chi connectivity index (χ1n) is 12.5. The Balaban J connectivity index is 1.35. The monoisotopic (exact) mass is 568 g/mol. The Morgan fingerprint density at radius 3 is 2.67 bits per heavy atom. The molecule has 0 saturated carbocycles. The van der Waals surface area contributed by atoms with Gasteiger partial charge in [0.05, 0.1) is 30.6 Å². The largest absolute Gasteiger partial charge is 0.478 e. The summed E-state index contributed by atoms with van der Waals surface area (Å²) >= 11 is 0. The summed E-state index contributed by atoms with van der Waals surface area (Å²) in [5.74, 6) is -1.98. The average molecular weight is 569 g/mol. The van der Waals surface area contributed by atoms with Crippen molar-refractivity contribution in [3.8, 4) is 0 Å². The lowest BCUT2D eigenvalue weighted by molar-refractivity contribution is -0.0315. The third-order valence-electron chi connectivity index (χ3n) is 7.35. The third-order valence-corrected chi connectivity index (χ3v) is 7.82. The van der Waals surface area contributed by atoms with Crippen LogP contribution in [0.3, 0.4) is 0 Å². The molecule has 0 radical (unpaired) electrons. The summed E-state index contributed by atoms with van der Waals surface area (Å²) in [5, 5.41) is 18.1. The molecule has 1 aliphatic carbocycles. The standard InChI is InChI=1S/C26H25FN6O6S/c27-21-20(16-7-3-4-8-17(16)26(34)35)19(11-38-40(28,36)37)39-25(21)33-13-31-22-23(29-12-30-24(22)33)32-18-10-9-14-5-1-2-6-15(14)18/h1-8,12-13,18-21,25H,9-11H2,(H,34,35)(H2,28,36,37)(H,29,30,32)/t18-,19-,20+,21-,25+/m0/s1. The Kier molecular flexibility index (Phi) is 6.70. The van der Waals surface area contributed by atoms with Gasteiger partial charge in [-0.2, -0.15) is 8.42 Å². The molecule has 1 saturated heterocycles. The number of alkyl halides is 1. The van der Waals surface area contributed by atoms with Crippen LogP contribution in [0.15, 0.2) is 61.2 Å². The van der Waals surface area contributed by atoms with Crippen LogP contribution in [0.5, 0.6) is 0 Å². The van der Waals surface area contributed by atoms with E-state index in [4.69, 9.17) is 14.1 Å². The number of aromatic carboxylic acids is 1. The highest BCUT2D eigenvalue weighted by atomic mass is 32.2. The maximum absolute atomic E-state index is 16.3. The molecule has 2 aliphatic rings. The summed E-state index contributed by atoms with van der Waals surface area (Å²) in [6, 6.07) is 14.1. The Hall–Kier alpha value is -3.98. The second kappa shape index (κ2) is 10.2. The molecule has 4 aromatic rings. The van der Waals surface area contributed by atoms with Crippen molar-refractivity contribution < 1.29 is 31.6 Å². The zero-order valence-electron chi connectivity index (χ0n) is 20.9. The number of imidazole rings is 1. The molecule has 5 atom stereocenters. The SMILES string of the molecule is NS(=O)(=O)OC[C@@H]1O[C@@H](n2cnc3c(N[C@H]4CCc5ccccc54)ncnc32)[C@@H](F)[C@@H]1c1ccccc1C(=O)O. The van der Waals surface area contributed by atoms with E-state index in [9.17, 15) is 18.3 Å². The van der Waals surface area contributed by atoms with Gasteiger partial charge in [0.1, 0.15) is 6.33 Å². The summed E-state index contributed by atoms with van der Waals surface area (Å²) in [5.41, 5.74) is 3.12. The van der Waals surface area contributed by atoms with Crippen LogP contribution in [0.1, 0.15) is 51.7 Å². The lowest BCUT2D eigenvalue weighted by atomic mass is 9.87. The van der Waals surface area contributed by atoms with Crippen molar-refractivity contribution in [2.24, 2.45) is 5.14 Å². The Labute approximate surface area is 228 Å². The minimum atomic E-state index is -4.37. The summed E-state index contributed by atoms with van der Waals surface area (Å²) < 4.78 is 51.4. The fourth-order valence-corrected chi connectivity index (χ4v) is 5.94. The molecule has 3 heterocycles. The number of fused-ring (bicyclic) bond motifs is 2. The molecule has 2 aromatic carbocycles. The molecule has 4 N–H and O–H groups in total. The number of ether oxygens (including phenoxy) is 1. The molecule has 0 spiro atoms. The van der Waals surface area contributed by atoms with Crippen LogP contribution in [-0.4, -0.2) is 57.9 Å². The highest BCUT2D eigenvalue weighted by Crippen LogP contribution is 2.45. The van der Waals surface area contributed by atoms with Crippen molar-refractivity contribution >= 4 is 33.3 Å². The number of aryl methyl sites for hydroxylation is 1. The van der Waals surface area contributed by atoms with Crippen LogP contribution in [-0.2, 0) is 25.6 Å². The normalized spacial score (nSPS) is 24.3. The summed E-state index contributed by atoms with van der Waals surface area (Å²) in [6.45, 7) is -0.621. The quantitative estimate of drug-likeness (QED) is 0.287. The number of carboxylic acids is 1. The van der Waals surface area contributed by atoms with Gasteiger partial charge in [-0.1, -0.05) is 42.5 Å². The van der Waals surface area contributed by atoms with Crippen molar-refractivity contribution in [1.29, 1.82) is 0 Å². The summed E-state index contributed by atoms with van der Waals surface area (Å²) in [7, 11) is -4.37. The fraction of sp³-hybridized carbons (Fsp3) is 0.308. The van der Waals surface area contributed by atoms with E-state index < -0.39 is 47.3 Å². The van der Waals surface area contributed by atoms with Crippen molar-refractivity contribution in [1.82, 2.24) is 19.5 Å². The van der Waals surface area contributed by atoms with Crippen LogP contribution in [0.4, 0.5) is 10.2 Å². The number of carboxylic acid groups (broad SMARTS) is 1. The smallest absolute Gasteiger partial charge is 0.335 e. The number of nitrogens with two attached hydrogens (primary N) is 1. The first kappa shape index (κ1) is 26.3. The highest BCUT2D eigenvalue weighted by Gasteiger charge is 2.49. The topological polar surface area (TPSA) is 172 Å². The van der Waals surface area contributed by atoms with Gasteiger partial charge in [0, 0.05) is 5.92 Å². The molecule has 208 valence electrons. The molecule has 40 heavy (non-hydrogen) atoms. The molecule has 1 aliphatic heterocycles. The fourth-order valence-electron chi connectivity index (χ4n) is 5.62. The zero-order valence-corrected chi connectivity index (χ0v) is 21.7. The number of hydrogen-bond donors (Lipinski definition) is 3. The molecule has 12 nitrogen and oxygen atoms in total. The predicted molar refractivity (Wildman–Crippen MR) is 140 cm³/mol. The van der Waals surface area contributed by atoms with E-state index in [-0.39, 0.29) is 22.8 Å². The Bertz CT molecular complexity index is 1700. The van der Waals surface area contributed by atoms with Crippen molar-refractivity contribution in [3.05, 3.63) is 83.4 Å². The molecule has 0 unspecified atom stereocenters. The van der Waals surface area contributed by atoms with Gasteiger partial charge in [-0.05, 0) is 35.6 Å². The van der Waals surface area contributed by atoms with E-state index in [1.54, 1.807) is 6.07 Å². The van der Waals surface area contributed by atoms with Gasteiger partial charge < -0.3 is 15.2 Å². The lowest BCUT2D eigenvalue weighted by Crippen LogP contribution is -2.29. The van der Waals surface area contributed by atoms with E-state index in [1.165, 1.54) is 46.5 Å². The van der Waals surface area contributed by atoms with E-state index in [0.29, 0.717) is 11.3 Å². The lowest BCUT2D eigenvalue weighted by Gasteiger charge is -2.20. The highest BCUT2D eigenvalue weighted by molar-refractivity contribution is 7.84. The number of halogens is 1. The molecular weight excluding hydrogens is 543 g/mol. The van der Waals surface area contributed by atoms with Gasteiger partial charge in [-0.25, -0.2) is 29.3 Å². The Morgan fingerprint density at radius 2 is 1.90 bits per heavy atom. The van der Waals surface area contributed by atoms with E-state index in [0.717, 1.165) is 12.8 Å². The number of rotatable bonds is 8. The molecule has 0 bridgehead atoms. The van der Waals surface area contributed by atoms with Crippen LogP contribution in [0.25, 0.3) is 11.2 Å². The first-order valence-corrected chi connectivity index (χ1v) is 14.0. The van der Waals surface area contributed by atoms with Gasteiger partial charge in [-0.3, -0.25) is 8.75 Å². The minimum Gasteiger partial charge on any atom is -0.478 e. The second-order valence-electron chi connectivity index (χ2n) is 9.69. The van der Waals surface area contributed by atoms with Gasteiger partial charge in [0.25, 0.3) is 0 Å². The summed E-state index contributed by atoms with van der Waals surface area (Å²) in [6.07, 6.45) is 0.182. The number of aromatic nitrogens is 4. The molecular formula is C26H25FN6O6S. The number of benzene rings is 2. The van der Waals surface area contributed by atoms with E-state index in [2.05, 4.69) is 32.4 Å². The van der Waals surface area contributed by atoms with Crippen LogP contribution >= 0.6 is 0 Å². The van der Waals surface area contributed by atoms with Gasteiger partial charge in [-0.15, -0.1) is 0 Å². The number of hydrogen-bond acceptors (Lipinski definition) is 9. The second-order valence-corrected chi connectivity index (χ2v) is 10.9. The van der Waals surface area contributed by atoms with Crippen LogP contribution in [0.2, 0.25) is 0 Å². The Morgan fingerprint density at radius 1 is 1.15 bits per heavy atom. The predicted octanol–water partition coefficient (Wildman–Crippen LogP) is 2.86.